The third-order valence-electron chi connectivity index (χ3n) is 3.37. The summed E-state index contributed by atoms with van der Waals surface area (Å²) < 4.78 is 5.05. The van der Waals surface area contributed by atoms with Crippen LogP contribution in [0, 0.1) is 11.3 Å². The van der Waals surface area contributed by atoms with E-state index in [0.717, 1.165) is 12.8 Å². The van der Waals surface area contributed by atoms with E-state index in [1.165, 1.54) is 0 Å². The molecule has 0 aliphatic heterocycles. The molecule has 0 aliphatic rings. The summed E-state index contributed by atoms with van der Waals surface area (Å²) in [5.41, 5.74) is -0.351. The van der Waals surface area contributed by atoms with E-state index in [-0.39, 0.29) is 23.2 Å². The molecular weight excluding hydrogens is 268 g/mol. The molecule has 1 atom stereocenters. The zero-order valence-corrected chi connectivity index (χ0v) is 15.3. The summed E-state index contributed by atoms with van der Waals surface area (Å²) in [6.45, 7) is 10.1. The van der Waals surface area contributed by atoms with Gasteiger partial charge in [-0.05, 0) is 40.8 Å². The van der Waals surface area contributed by atoms with Gasteiger partial charge in [-0.2, -0.15) is 0 Å². The van der Waals surface area contributed by atoms with E-state index >= 15 is 0 Å². The minimum Gasteiger partial charge on any atom is -0.449 e. The van der Waals surface area contributed by atoms with Gasteiger partial charge >= 0.3 is 5.97 Å². The Balaban J connectivity index is 0. The molecule has 0 aromatic rings. The Morgan fingerprint density at radius 3 is 1.81 bits per heavy atom. The summed E-state index contributed by atoms with van der Waals surface area (Å²) in [4.78, 5) is 25.8. The van der Waals surface area contributed by atoms with Crippen LogP contribution in [0.25, 0.3) is 0 Å². The van der Waals surface area contributed by atoms with Gasteiger partial charge in [0.15, 0.2) is 0 Å². The summed E-state index contributed by atoms with van der Waals surface area (Å²) in [7, 11) is 7.31. The summed E-state index contributed by atoms with van der Waals surface area (Å²) in [6, 6.07) is 0. The first-order valence-corrected chi connectivity index (χ1v) is 7.52. The van der Waals surface area contributed by atoms with E-state index in [2.05, 4.69) is 0 Å². The molecule has 0 spiro atoms. The minimum absolute atomic E-state index is 0.126. The second kappa shape index (κ2) is 10.6. The first kappa shape index (κ1) is 22.2. The van der Waals surface area contributed by atoms with Crippen molar-refractivity contribution in [3.05, 3.63) is 0 Å². The number of carbonyl (C=O) groups is 2. The molecule has 0 aromatic heterocycles. The van der Waals surface area contributed by atoms with Gasteiger partial charge in [-0.3, -0.25) is 14.5 Å². The molecule has 1 amide bonds. The van der Waals surface area contributed by atoms with E-state index in [1.807, 2.05) is 53.6 Å². The summed E-state index contributed by atoms with van der Waals surface area (Å²) in [6.07, 6.45) is 1.73. The maximum atomic E-state index is 11.4. The van der Waals surface area contributed by atoms with E-state index in [0.29, 0.717) is 6.73 Å². The van der Waals surface area contributed by atoms with Crippen molar-refractivity contribution in [2.45, 2.75) is 47.5 Å². The normalized spacial score (nSPS) is 12.3. The Hall–Kier alpha value is -1.10. The van der Waals surface area contributed by atoms with Crippen LogP contribution in [0.15, 0.2) is 0 Å². The fourth-order valence-corrected chi connectivity index (χ4v) is 1.14. The zero-order chi connectivity index (χ0) is 17.2. The number of nitrogens with zero attached hydrogens (tertiary/aromatic N) is 2. The lowest BCUT2D eigenvalue weighted by Crippen LogP contribution is -2.29. The summed E-state index contributed by atoms with van der Waals surface area (Å²) >= 11 is 0. The van der Waals surface area contributed by atoms with Crippen molar-refractivity contribution < 1.29 is 14.3 Å². The number of hydrogen-bond acceptors (Lipinski definition) is 4. The van der Waals surface area contributed by atoms with Gasteiger partial charge in [0.25, 0.3) is 0 Å². The fourth-order valence-electron chi connectivity index (χ4n) is 1.14. The van der Waals surface area contributed by atoms with Crippen molar-refractivity contribution in [1.29, 1.82) is 0 Å². The molecule has 0 fully saturated rings. The highest BCUT2D eigenvalue weighted by Crippen LogP contribution is 2.21. The van der Waals surface area contributed by atoms with Crippen molar-refractivity contribution in [1.82, 2.24) is 9.80 Å². The van der Waals surface area contributed by atoms with Gasteiger partial charge in [-0.15, -0.1) is 0 Å². The predicted octanol–water partition coefficient (Wildman–Crippen LogP) is 2.61. The van der Waals surface area contributed by atoms with E-state index in [1.54, 1.807) is 19.0 Å². The summed E-state index contributed by atoms with van der Waals surface area (Å²) in [5, 5.41) is 0. The van der Waals surface area contributed by atoms with E-state index < -0.39 is 0 Å². The van der Waals surface area contributed by atoms with Gasteiger partial charge in [0, 0.05) is 20.0 Å². The van der Waals surface area contributed by atoms with Crippen LogP contribution in [-0.2, 0) is 14.3 Å². The van der Waals surface area contributed by atoms with Crippen LogP contribution in [0.2, 0.25) is 0 Å². The van der Waals surface area contributed by atoms with Gasteiger partial charge in [0.05, 0.1) is 5.41 Å². The molecule has 0 saturated heterocycles. The maximum Gasteiger partial charge on any atom is 0.312 e. The standard InChI is InChI=1S/C9H19NO2.C7H15NO/c1-6-9(2,3)8(11)12-7-10(4)5;1-5-6(2)7(9)8(3)4/h6-7H2,1-5H3;6H,5H2,1-4H3. The lowest BCUT2D eigenvalue weighted by molar-refractivity contribution is -0.158. The zero-order valence-electron chi connectivity index (χ0n) is 15.3. The molecule has 0 rings (SSSR count). The van der Waals surface area contributed by atoms with Crippen molar-refractivity contribution in [3.63, 3.8) is 0 Å². The van der Waals surface area contributed by atoms with Crippen LogP contribution >= 0.6 is 0 Å². The number of carbonyl (C=O) groups excluding carboxylic acids is 2. The Labute approximate surface area is 130 Å². The van der Waals surface area contributed by atoms with Crippen molar-refractivity contribution in [2.24, 2.45) is 11.3 Å². The topological polar surface area (TPSA) is 49.9 Å². The van der Waals surface area contributed by atoms with Gasteiger partial charge < -0.3 is 9.64 Å². The molecule has 0 aromatic carbocycles. The molecule has 5 heteroatoms. The Morgan fingerprint density at radius 2 is 1.57 bits per heavy atom. The van der Waals surface area contributed by atoms with Gasteiger partial charge in [-0.25, -0.2) is 0 Å². The fraction of sp³-hybridized carbons (Fsp3) is 0.875. The molecule has 0 aliphatic carbocycles. The highest BCUT2D eigenvalue weighted by Gasteiger charge is 2.26. The lowest BCUT2D eigenvalue weighted by atomic mass is 9.91. The van der Waals surface area contributed by atoms with Gasteiger partial charge in [0.1, 0.15) is 6.73 Å². The molecule has 0 N–H and O–H groups in total. The molecule has 126 valence electrons. The second-order valence-electron chi connectivity index (χ2n) is 6.42. The van der Waals surface area contributed by atoms with Crippen molar-refractivity contribution in [2.75, 3.05) is 34.9 Å². The Bertz CT molecular complexity index is 313. The minimum atomic E-state index is -0.351. The lowest BCUT2D eigenvalue weighted by Gasteiger charge is -2.21. The monoisotopic (exact) mass is 302 g/mol. The summed E-state index contributed by atoms with van der Waals surface area (Å²) in [5.74, 6) is 0.274. The quantitative estimate of drug-likeness (QED) is 0.559. The van der Waals surface area contributed by atoms with E-state index in [9.17, 15) is 9.59 Å². The third-order valence-corrected chi connectivity index (χ3v) is 3.37. The average Bonchev–Trinajstić information content (AvgIpc) is 2.43. The van der Waals surface area contributed by atoms with Crippen LogP contribution in [0.5, 0.6) is 0 Å². The first-order valence-electron chi connectivity index (χ1n) is 7.52. The number of hydrogen-bond donors (Lipinski definition) is 0. The number of amides is 1. The molecule has 0 heterocycles. The molecule has 0 radical (unpaired) electrons. The van der Waals surface area contributed by atoms with Crippen LogP contribution < -0.4 is 0 Å². The van der Waals surface area contributed by atoms with Crippen molar-refractivity contribution in [3.8, 4) is 0 Å². The van der Waals surface area contributed by atoms with Gasteiger partial charge in [0.2, 0.25) is 5.91 Å². The average molecular weight is 302 g/mol. The molecule has 0 bridgehead atoms. The molecule has 5 nitrogen and oxygen atoms in total. The van der Waals surface area contributed by atoms with Crippen LogP contribution in [0.4, 0.5) is 0 Å². The highest BCUT2D eigenvalue weighted by molar-refractivity contribution is 5.77. The van der Waals surface area contributed by atoms with Crippen LogP contribution in [0.3, 0.4) is 0 Å². The molecule has 1 unspecified atom stereocenters. The SMILES string of the molecule is CCC(C)(C)C(=O)OCN(C)C.CCC(C)C(=O)N(C)C. The van der Waals surface area contributed by atoms with Crippen LogP contribution in [0.1, 0.15) is 47.5 Å². The number of ether oxygens (including phenoxy) is 1. The highest BCUT2D eigenvalue weighted by atomic mass is 16.5. The number of rotatable bonds is 6. The number of esters is 1. The Morgan fingerprint density at radius 1 is 1.10 bits per heavy atom. The largest absolute Gasteiger partial charge is 0.449 e. The molecule has 21 heavy (non-hydrogen) atoms. The first-order chi connectivity index (χ1) is 9.49. The van der Waals surface area contributed by atoms with E-state index in [4.69, 9.17) is 4.74 Å². The Kier molecular flexibility index (Phi) is 11.2. The predicted molar refractivity (Wildman–Crippen MR) is 86.9 cm³/mol. The molecular formula is C16H34N2O3. The van der Waals surface area contributed by atoms with Crippen LogP contribution in [-0.4, -0.2) is 56.6 Å². The van der Waals surface area contributed by atoms with Crippen molar-refractivity contribution >= 4 is 11.9 Å². The smallest absolute Gasteiger partial charge is 0.312 e. The van der Waals surface area contributed by atoms with Gasteiger partial charge in [-0.1, -0.05) is 20.8 Å². The second-order valence-corrected chi connectivity index (χ2v) is 6.42. The third kappa shape index (κ3) is 10.3. The molecule has 0 saturated carbocycles. The maximum absolute atomic E-state index is 11.4.